The van der Waals surface area contributed by atoms with Crippen LogP contribution in [0.4, 0.5) is 0 Å². The Morgan fingerprint density at radius 2 is 2.11 bits per heavy atom. The number of aliphatic hydroxyl groups excluding tert-OH is 1. The molecule has 0 radical (unpaired) electrons. The largest absolute Gasteiger partial charge is 0.478 e. The maximum atomic E-state index is 11.4. The van der Waals surface area contributed by atoms with E-state index in [2.05, 4.69) is 11.5 Å². The number of nitrogens with zero attached hydrogens (tertiary/aromatic N) is 1. The minimum Gasteiger partial charge on any atom is -0.478 e. The Balaban J connectivity index is 2.90. The van der Waals surface area contributed by atoms with Crippen molar-refractivity contribution in [2.24, 2.45) is 0 Å². The fourth-order valence-electron chi connectivity index (χ4n) is 2.76. The quantitative estimate of drug-likeness (QED) is 0.888. The third kappa shape index (κ3) is 2.12. The summed E-state index contributed by atoms with van der Waals surface area (Å²) in [6.07, 6.45) is 0.280. The Labute approximate surface area is 112 Å². The molecule has 0 saturated heterocycles. The Hall–Kier alpha value is -1.81. The van der Waals surface area contributed by atoms with Gasteiger partial charge in [-0.25, -0.2) is 4.79 Å². The molecule has 0 amide bonds. The number of hydrogen-bond acceptors (Lipinski definition) is 2. The lowest BCUT2D eigenvalue weighted by molar-refractivity contribution is 0.0699. The van der Waals surface area contributed by atoms with Crippen LogP contribution in [0.25, 0.3) is 10.9 Å². The maximum Gasteiger partial charge on any atom is 0.336 e. The number of carbonyl (C=O) groups is 1. The molecule has 102 valence electrons. The molecule has 1 heterocycles. The zero-order valence-corrected chi connectivity index (χ0v) is 11.5. The fraction of sp³-hybridized carbons (Fsp3) is 0.400. The summed E-state index contributed by atoms with van der Waals surface area (Å²) < 4.78 is 2.09. The minimum atomic E-state index is -0.957. The highest BCUT2D eigenvalue weighted by atomic mass is 16.4. The van der Waals surface area contributed by atoms with E-state index in [0.717, 1.165) is 29.7 Å². The Bertz CT molecular complexity index is 626. The van der Waals surface area contributed by atoms with Gasteiger partial charge in [0.15, 0.2) is 0 Å². The lowest BCUT2D eigenvalue weighted by atomic mass is 10.0. The number of rotatable bonds is 4. The van der Waals surface area contributed by atoms with E-state index in [4.69, 9.17) is 0 Å². The fourth-order valence-corrected chi connectivity index (χ4v) is 2.76. The van der Waals surface area contributed by atoms with Gasteiger partial charge in [-0.1, -0.05) is 13.0 Å². The van der Waals surface area contributed by atoms with Crippen LogP contribution in [0.5, 0.6) is 0 Å². The normalized spacial score (nSPS) is 12.8. The van der Waals surface area contributed by atoms with Gasteiger partial charge in [-0.2, -0.15) is 0 Å². The van der Waals surface area contributed by atoms with Gasteiger partial charge in [0.1, 0.15) is 0 Å². The molecule has 19 heavy (non-hydrogen) atoms. The van der Waals surface area contributed by atoms with Crippen LogP contribution in [0.2, 0.25) is 0 Å². The number of aryl methyl sites for hydroxylation is 1. The molecule has 0 spiro atoms. The molecule has 1 unspecified atom stereocenters. The molecule has 0 aliphatic heterocycles. The molecule has 0 fully saturated rings. The molecule has 1 atom stereocenters. The Kier molecular flexibility index (Phi) is 3.62. The molecule has 0 aliphatic rings. The van der Waals surface area contributed by atoms with Crippen molar-refractivity contribution in [2.45, 2.75) is 39.8 Å². The van der Waals surface area contributed by atoms with Crippen molar-refractivity contribution in [3.63, 3.8) is 0 Å². The van der Waals surface area contributed by atoms with Gasteiger partial charge < -0.3 is 14.8 Å². The number of aromatic nitrogens is 1. The highest BCUT2D eigenvalue weighted by Crippen LogP contribution is 2.33. The predicted molar refractivity (Wildman–Crippen MR) is 74.6 cm³/mol. The summed E-state index contributed by atoms with van der Waals surface area (Å²) in [7, 11) is 0. The van der Waals surface area contributed by atoms with Crippen molar-refractivity contribution in [3.8, 4) is 0 Å². The van der Waals surface area contributed by atoms with Crippen LogP contribution in [-0.4, -0.2) is 20.7 Å². The third-order valence-electron chi connectivity index (χ3n) is 3.49. The Morgan fingerprint density at radius 3 is 2.63 bits per heavy atom. The molecule has 2 aromatic rings. The predicted octanol–water partition coefficient (Wildman–Crippen LogP) is 3.11. The summed E-state index contributed by atoms with van der Waals surface area (Å²) in [4.78, 5) is 11.4. The topological polar surface area (TPSA) is 62.5 Å². The van der Waals surface area contributed by atoms with E-state index in [9.17, 15) is 15.0 Å². The van der Waals surface area contributed by atoms with Crippen LogP contribution in [0.3, 0.4) is 0 Å². The first-order chi connectivity index (χ1) is 8.99. The zero-order valence-electron chi connectivity index (χ0n) is 11.5. The molecule has 0 bridgehead atoms. The summed E-state index contributed by atoms with van der Waals surface area (Å²) in [6.45, 7) is 6.51. The monoisotopic (exact) mass is 261 g/mol. The minimum absolute atomic E-state index is 0.256. The zero-order chi connectivity index (χ0) is 14.2. The number of fused-ring (bicyclic) bond motifs is 1. The van der Waals surface area contributed by atoms with Gasteiger partial charge >= 0.3 is 5.97 Å². The smallest absolute Gasteiger partial charge is 0.336 e. The first-order valence-electron chi connectivity index (χ1n) is 6.52. The van der Waals surface area contributed by atoms with E-state index < -0.39 is 12.1 Å². The number of benzene rings is 1. The standard InChI is InChI=1S/C15H19NO3/c1-4-8-16-9(2)13(10(3)17)14-11(15(18)19)6-5-7-12(14)16/h5-7,10,17H,4,8H2,1-3H3,(H,18,19). The second-order valence-corrected chi connectivity index (χ2v) is 4.83. The molecular formula is C15H19NO3. The van der Waals surface area contributed by atoms with Gasteiger partial charge in [-0.15, -0.1) is 0 Å². The summed E-state index contributed by atoms with van der Waals surface area (Å²) in [6, 6.07) is 5.26. The number of aliphatic hydroxyl groups is 1. The summed E-state index contributed by atoms with van der Waals surface area (Å²) in [5.74, 6) is -0.957. The summed E-state index contributed by atoms with van der Waals surface area (Å²) in [5.41, 5.74) is 2.81. The van der Waals surface area contributed by atoms with E-state index in [1.54, 1.807) is 19.1 Å². The van der Waals surface area contributed by atoms with Crippen molar-refractivity contribution in [2.75, 3.05) is 0 Å². The van der Waals surface area contributed by atoms with Gasteiger partial charge in [0, 0.05) is 28.7 Å². The second kappa shape index (κ2) is 5.05. The number of carboxylic acid groups (broad SMARTS) is 1. The van der Waals surface area contributed by atoms with Crippen LogP contribution in [0.15, 0.2) is 18.2 Å². The summed E-state index contributed by atoms with van der Waals surface area (Å²) >= 11 is 0. The van der Waals surface area contributed by atoms with E-state index >= 15 is 0 Å². The van der Waals surface area contributed by atoms with E-state index in [-0.39, 0.29) is 5.56 Å². The van der Waals surface area contributed by atoms with Crippen molar-refractivity contribution in [3.05, 3.63) is 35.0 Å². The van der Waals surface area contributed by atoms with Crippen LogP contribution < -0.4 is 0 Å². The lowest BCUT2D eigenvalue weighted by Gasteiger charge is -2.08. The summed E-state index contributed by atoms with van der Waals surface area (Å²) in [5, 5.41) is 20.0. The SMILES string of the molecule is CCCn1c(C)c(C(C)O)c2c(C(=O)O)cccc21. The van der Waals surface area contributed by atoms with Crippen LogP contribution in [-0.2, 0) is 6.54 Å². The van der Waals surface area contributed by atoms with Crippen LogP contribution in [0, 0.1) is 6.92 Å². The number of aromatic carboxylic acids is 1. The first-order valence-corrected chi connectivity index (χ1v) is 6.52. The van der Waals surface area contributed by atoms with Crippen molar-refractivity contribution >= 4 is 16.9 Å². The van der Waals surface area contributed by atoms with E-state index in [1.807, 2.05) is 13.0 Å². The molecule has 1 aromatic carbocycles. The highest BCUT2D eigenvalue weighted by Gasteiger charge is 2.21. The average molecular weight is 261 g/mol. The highest BCUT2D eigenvalue weighted by molar-refractivity contribution is 6.05. The molecule has 2 rings (SSSR count). The maximum absolute atomic E-state index is 11.4. The average Bonchev–Trinajstić information content (AvgIpc) is 2.62. The van der Waals surface area contributed by atoms with Gasteiger partial charge in [0.05, 0.1) is 11.7 Å². The van der Waals surface area contributed by atoms with Crippen molar-refractivity contribution < 1.29 is 15.0 Å². The lowest BCUT2D eigenvalue weighted by Crippen LogP contribution is -2.01. The van der Waals surface area contributed by atoms with Gasteiger partial charge in [-0.3, -0.25) is 0 Å². The van der Waals surface area contributed by atoms with Crippen LogP contribution in [0.1, 0.15) is 48.0 Å². The van der Waals surface area contributed by atoms with Crippen molar-refractivity contribution in [1.29, 1.82) is 0 Å². The molecule has 1 aromatic heterocycles. The van der Waals surface area contributed by atoms with Gasteiger partial charge in [0.2, 0.25) is 0 Å². The second-order valence-electron chi connectivity index (χ2n) is 4.83. The molecule has 4 heteroatoms. The first kappa shape index (κ1) is 13.6. The molecular weight excluding hydrogens is 242 g/mol. The third-order valence-corrected chi connectivity index (χ3v) is 3.49. The van der Waals surface area contributed by atoms with E-state index in [1.165, 1.54) is 0 Å². The van der Waals surface area contributed by atoms with Crippen LogP contribution >= 0.6 is 0 Å². The molecule has 0 aliphatic carbocycles. The Morgan fingerprint density at radius 1 is 1.42 bits per heavy atom. The molecule has 2 N–H and O–H groups in total. The molecule has 0 saturated carbocycles. The van der Waals surface area contributed by atoms with Crippen molar-refractivity contribution in [1.82, 2.24) is 4.57 Å². The number of hydrogen-bond donors (Lipinski definition) is 2. The van der Waals surface area contributed by atoms with E-state index in [0.29, 0.717) is 5.39 Å². The van der Waals surface area contributed by atoms with Gasteiger partial charge in [0.25, 0.3) is 0 Å². The van der Waals surface area contributed by atoms with Gasteiger partial charge in [-0.05, 0) is 32.4 Å². The molecule has 4 nitrogen and oxygen atoms in total. The number of carboxylic acids is 1.